The summed E-state index contributed by atoms with van der Waals surface area (Å²) >= 11 is 5.93. The van der Waals surface area contributed by atoms with E-state index in [1.165, 1.54) is 13.2 Å². The third-order valence-corrected chi connectivity index (χ3v) is 2.45. The molecule has 3 nitrogen and oxygen atoms in total. The number of ether oxygens (including phenoxy) is 2. The van der Waals surface area contributed by atoms with Crippen molar-refractivity contribution in [3.63, 3.8) is 0 Å². The number of benzene rings is 1. The molecule has 0 aromatic heterocycles. The van der Waals surface area contributed by atoms with Gasteiger partial charge in [0.15, 0.2) is 11.5 Å². The van der Waals surface area contributed by atoms with Gasteiger partial charge >= 0.3 is 0 Å². The van der Waals surface area contributed by atoms with Crippen molar-refractivity contribution < 1.29 is 18.3 Å². The Morgan fingerprint density at radius 2 is 2.11 bits per heavy atom. The van der Waals surface area contributed by atoms with Crippen molar-refractivity contribution in [2.45, 2.75) is 19.9 Å². The van der Waals surface area contributed by atoms with E-state index in [0.717, 1.165) is 6.54 Å². The van der Waals surface area contributed by atoms with Crippen LogP contribution in [0.3, 0.4) is 0 Å². The fraction of sp³-hybridized carbons (Fsp3) is 0.500. The summed E-state index contributed by atoms with van der Waals surface area (Å²) in [5, 5.41) is 3.57. The topological polar surface area (TPSA) is 30.5 Å². The number of hydrogen-bond acceptors (Lipinski definition) is 3. The first-order chi connectivity index (χ1) is 8.58. The van der Waals surface area contributed by atoms with E-state index in [1.807, 2.05) is 6.92 Å². The Balaban J connectivity index is 2.99. The first kappa shape index (κ1) is 15.0. The summed E-state index contributed by atoms with van der Waals surface area (Å²) in [6.45, 7) is 2.51. The lowest BCUT2D eigenvalue weighted by Gasteiger charge is -2.15. The fourth-order valence-electron chi connectivity index (χ4n) is 1.48. The number of alkyl halides is 2. The van der Waals surface area contributed by atoms with E-state index in [0.29, 0.717) is 28.6 Å². The number of methoxy groups -OCH3 is 1. The molecule has 0 amide bonds. The van der Waals surface area contributed by atoms with Crippen molar-refractivity contribution in [2.24, 2.45) is 0 Å². The molecule has 0 aliphatic carbocycles. The van der Waals surface area contributed by atoms with Crippen LogP contribution >= 0.6 is 11.6 Å². The summed E-state index contributed by atoms with van der Waals surface area (Å²) < 4.78 is 34.6. The zero-order valence-electron chi connectivity index (χ0n) is 10.3. The average molecular weight is 280 g/mol. The standard InChI is InChI=1S/C12H16ClF2NO2/c1-3-16-6-8-4-9(13)5-10(17-2)12(8)18-7-11(14)15/h4-5,11,16H,3,6-7H2,1-2H3. The van der Waals surface area contributed by atoms with Crippen LogP contribution in [0.1, 0.15) is 12.5 Å². The molecule has 1 rings (SSSR count). The summed E-state index contributed by atoms with van der Waals surface area (Å²) in [6, 6.07) is 3.21. The Hall–Kier alpha value is -1.07. The summed E-state index contributed by atoms with van der Waals surface area (Å²) in [5.74, 6) is 0.666. The van der Waals surface area contributed by atoms with Crippen LogP contribution in [-0.4, -0.2) is 26.7 Å². The maximum Gasteiger partial charge on any atom is 0.272 e. The van der Waals surface area contributed by atoms with E-state index in [-0.39, 0.29) is 0 Å². The van der Waals surface area contributed by atoms with Gasteiger partial charge in [-0.25, -0.2) is 8.78 Å². The lowest BCUT2D eigenvalue weighted by Crippen LogP contribution is -2.15. The summed E-state index contributed by atoms with van der Waals surface area (Å²) in [4.78, 5) is 0. The quantitative estimate of drug-likeness (QED) is 0.832. The number of halogens is 3. The van der Waals surface area contributed by atoms with Gasteiger partial charge in [0.25, 0.3) is 6.43 Å². The molecule has 0 aliphatic rings. The Kier molecular flexibility index (Phi) is 6.15. The molecular weight excluding hydrogens is 264 g/mol. The molecule has 1 N–H and O–H groups in total. The van der Waals surface area contributed by atoms with Crippen LogP contribution < -0.4 is 14.8 Å². The van der Waals surface area contributed by atoms with Gasteiger partial charge in [-0.15, -0.1) is 0 Å². The molecule has 1 aromatic rings. The second kappa shape index (κ2) is 7.38. The Morgan fingerprint density at radius 1 is 1.39 bits per heavy atom. The van der Waals surface area contributed by atoms with Crippen molar-refractivity contribution in [2.75, 3.05) is 20.3 Å². The minimum Gasteiger partial charge on any atom is -0.493 e. The molecule has 102 valence electrons. The molecule has 0 unspecified atom stereocenters. The minimum absolute atomic E-state index is 0.308. The molecule has 6 heteroatoms. The van der Waals surface area contributed by atoms with Crippen LogP contribution in [0.25, 0.3) is 0 Å². The van der Waals surface area contributed by atoms with Crippen molar-refractivity contribution in [1.29, 1.82) is 0 Å². The summed E-state index contributed by atoms with van der Waals surface area (Å²) in [6.07, 6.45) is -2.53. The highest BCUT2D eigenvalue weighted by molar-refractivity contribution is 6.30. The molecule has 0 aliphatic heterocycles. The van der Waals surface area contributed by atoms with Crippen LogP contribution in [0.15, 0.2) is 12.1 Å². The predicted octanol–water partition coefficient (Wildman–Crippen LogP) is 3.10. The van der Waals surface area contributed by atoms with E-state index in [1.54, 1.807) is 6.07 Å². The highest BCUT2D eigenvalue weighted by Crippen LogP contribution is 2.35. The molecule has 0 spiro atoms. The molecule has 0 saturated carbocycles. The van der Waals surface area contributed by atoms with Gasteiger partial charge in [0.1, 0.15) is 6.61 Å². The maximum absolute atomic E-state index is 12.2. The second-order valence-corrected chi connectivity index (χ2v) is 4.02. The van der Waals surface area contributed by atoms with Crippen molar-refractivity contribution in [1.82, 2.24) is 5.32 Å². The zero-order valence-corrected chi connectivity index (χ0v) is 11.1. The highest BCUT2D eigenvalue weighted by atomic mass is 35.5. The molecule has 18 heavy (non-hydrogen) atoms. The molecule has 0 bridgehead atoms. The number of nitrogens with one attached hydrogen (secondary N) is 1. The minimum atomic E-state index is -2.53. The Labute approximate surface area is 110 Å². The molecule has 0 heterocycles. The molecule has 0 saturated heterocycles. The van der Waals surface area contributed by atoms with Crippen LogP contribution in [0, 0.1) is 0 Å². The number of rotatable bonds is 7. The fourth-order valence-corrected chi connectivity index (χ4v) is 1.71. The molecule has 1 aromatic carbocycles. The normalized spacial score (nSPS) is 10.8. The van der Waals surface area contributed by atoms with Crippen molar-refractivity contribution >= 4 is 11.6 Å². The highest BCUT2D eigenvalue weighted by Gasteiger charge is 2.14. The molecular formula is C12H16ClF2NO2. The van der Waals surface area contributed by atoms with E-state index in [9.17, 15) is 8.78 Å². The molecule has 0 atom stereocenters. The molecule has 0 radical (unpaired) electrons. The van der Waals surface area contributed by atoms with Crippen LogP contribution in [-0.2, 0) is 6.54 Å². The Bertz CT molecular complexity index is 389. The van der Waals surface area contributed by atoms with E-state index < -0.39 is 13.0 Å². The van der Waals surface area contributed by atoms with Gasteiger partial charge < -0.3 is 14.8 Å². The van der Waals surface area contributed by atoms with Gasteiger partial charge in [-0.05, 0) is 12.6 Å². The van der Waals surface area contributed by atoms with Gasteiger partial charge in [-0.3, -0.25) is 0 Å². The van der Waals surface area contributed by atoms with Crippen LogP contribution in [0.5, 0.6) is 11.5 Å². The maximum atomic E-state index is 12.2. The lowest BCUT2D eigenvalue weighted by atomic mass is 10.2. The van der Waals surface area contributed by atoms with Gasteiger partial charge in [0, 0.05) is 23.2 Å². The average Bonchev–Trinajstić information content (AvgIpc) is 2.33. The smallest absolute Gasteiger partial charge is 0.272 e. The summed E-state index contributed by atoms with van der Waals surface area (Å²) in [7, 11) is 1.44. The van der Waals surface area contributed by atoms with Crippen LogP contribution in [0.2, 0.25) is 5.02 Å². The van der Waals surface area contributed by atoms with Gasteiger partial charge in [-0.2, -0.15) is 0 Å². The third-order valence-electron chi connectivity index (χ3n) is 2.24. The monoisotopic (exact) mass is 279 g/mol. The third kappa shape index (κ3) is 4.31. The number of hydrogen-bond donors (Lipinski definition) is 1. The van der Waals surface area contributed by atoms with E-state index in [2.05, 4.69) is 5.32 Å². The largest absolute Gasteiger partial charge is 0.493 e. The predicted molar refractivity (Wildman–Crippen MR) is 66.9 cm³/mol. The van der Waals surface area contributed by atoms with Gasteiger partial charge in [-0.1, -0.05) is 18.5 Å². The van der Waals surface area contributed by atoms with Crippen molar-refractivity contribution in [3.05, 3.63) is 22.7 Å². The Morgan fingerprint density at radius 3 is 2.67 bits per heavy atom. The first-order valence-corrected chi connectivity index (χ1v) is 5.94. The molecule has 0 fully saturated rings. The van der Waals surface area contributed by atoms with E-state index >= 15 is 0 Å². The zero-order chi connectivity index (χ0) is 13.5. The van der Waals surface area contributed by atoms with E-state index in [4.69, 9.17) is 21.1 Å². The lowest BCUT2D eigenvalue weighted by molar-refractivity contribution is 0.0799. The summed E-state index contributed by atoms with van der Waals surface area (Å²) in [5.41, 5.74) is 0.696. The van der Waals surface area contributed by atoms with Gasteiger partial charge in [0.2, 0.25) is 0 Å². The van der Waals surface area contributed by atoms with Crippen LogP contribution in [0.4, 0.5) is 8.78 Å². The van der Waals surface area contributed by atoms with Crippen molar-refractivity contribution in [3.8, 4) is 11.5 Å². The second-order valence-electron chi connectivity index (χ2n) is 3.58. The first-order valence-electron chi connectivity index (χ1n) is 5.56. The van der Waals surface area contributed by atoms with Gasteiger partial charge in [0.05, 0.1) is 7.11 Å². The SMILES string of the molecule is CCNCc1cc(Cl)cc(OC)c1OCC(F)F.